The molecule has 0 fully saturated rings. The number of anilines is 1. The number of ether oxygens (including phenoxy) is 2. The molecule has 1 amide bonds. The number of alkyl halides is 3. The fourth-order valence-electron chi connectivity index (χ4n) is 2.98. The summed E-state index contributed by atoms with van der Waals surface area (Å²) in [5.74, 6) is -0.128. The maximum atomic E-state index is 13.2. The van der Waals surface area contributed by atoms with Gasteiger partial charge in [-0.25, -0.2) is 0 Å². The summed E-state index contributed by atoms with van der Waals surface area (Å²) in [6, 6.07) is 20.5. The third-order valence-electron chi connectivity index (χ3n) is 4.58. The highest BCUT2D eigenvalue weighted by atomic mass is 19.4. The molecular formula is C25H19F3N2O3. The van der Waals surface area contributed by atoms with Gasteiger partial charge >= 0.3 is 6.18 Å². The summed E-state index contributed by atoms with van der Waals surface area (Å²) in [6.45, 7) is 0.268. The van der Waals surface area contributed by atoms with Crippen LogP contribution in [0.1, 0.15) is 16.7 Å². The van der Waals surface area contributed by atoms with Gasteiger partial charge in [0.05, 0.1) is 18.4 Å². The summed E-state index contributed by atoms with van der Waals surface area (Å²) in [5, 5.41) is 11.6. The molecule has 0 aliphatic heterocycles. The Balaban J connectivity index is 1.83. The summed E-state index contributed by atoms with van der Waals surface area (Å²) in [5.41, 5.74) is -0.434. The molecule has 0 saturated heterocycles. The molecule has 0 radical (unpaired) electrons. The highest BCUT2D eigenvalue weighted by molar-refractivity contribution is 6.10. The second-order valence-electron chi connectivity index (χ2n) is 6.85. The monoisotopic (exact) mass is 452 g/mol. The van der Waals surface area contributed by atoms with E-state index in [-0.39, 0.29) is 12.2 Å². The average molecular weight is 452 g/mol. The van der Waals surface area contributed by atoms with Crippen LogP contribution in [0.3, 0.4) is 0 Å². The van der Waals surface area contributed by atoms with Crippen LogP contribution in [0, 0.1) is 11.3 Å². The van der Waals surface area contributed by atoms with Crippen molar-refractivity contribution in [2.45, 2.75) is 12.8 Å². The molecule has 0 saturated carbocycles. The Kier molecular flexibility index (Phi) is 7.36. The van der Waals surface area contributed by atoms with Gasteiger partial charge in [0.1, 0.15) is 18.2 Å². The molecule has 33 heavy (non-hydrogen) atoms. The van der Waals surface area contributed by atoms with Crippen LogP contribution in [0.15, 0.2) is 78.4 Å². The second kappa shape index (κ2) is 10.4. The predicted octanol–water partition coefficient (Wildman–Crippen LogP) is 5.84. The molecule has 1 N–H and O–H groups in total. The van der Waals surface area contributed by atoms with E-state index >= 15 is 0 Å². The molecule has 0 bridgehead atoms. The minimum absolute atomic E-state index is 0.268. The molecule has 0 atom stereocenters. The van der Waals surface area contributed by atoms with Gasteiger partial charge in [-0.1, -0.05) is 48.5 Å². The number of halogens is 3. The minimum atomic E-state index is -4.65. The molecule has 0 aliphatic rings. The number of nitriles is 1. The van der Waals surface area contributed by atoms with Crippen LogP contribution in [-0.4, -0.2) is 13.0 Å². The van der Waals surface area contributed by atoms with Crippen LogP contribution in [0.25, 0.3) is 6.08 Å². The Hall–Kier alpha value is -4.25. The lowest BCUT2D eigenvalue weighted by Gasteiger charge is -2.13. The van der Waals surface area contributed by atoms with E-state index in [0.29, 0.717) is 17.1 Å². The predicted molar refractivity (Wildman–Crippen MR) is 117 cm³/mol. The molecule has 3 aromatic rings. The first kappa shape index (κ1) is 23.4. The van der Waals surface area contributed by atoms with Gasteiger partial charge in [-0.2, -0.15) is 18.4 Å². The molecule has 0 unspecified atom stereocenters. The zero-order chi connectivity index (χ0) is 23.8. The molecule has 3 rings (SSSR count). The first-order chi connectivity index (χ1) is 15.8. The number of carbonyl (C=O) groups is 1. The molecule has 168 valence electrons. The lowest BCUT2D eigenvalue weighted by atomic mass is 10.1. The lowest BCUT2D eigenvalue weighted by molar-refractivity contribution is -0.137. The van der Waals surface area contributed by atoms with E-state index in [1.165, 1.54) is 25.3 Å². The van der Waals surface area contributed by atoms with E-state index in [1.54, 1.807) is 24.3 Å². The Labute approximate surface area is 188 Å². The first-order valence-electron chi connectivity index (χ1n) is 9.76. The number of hydrogen-bond donors (Lipinski definition) is 1. The highest BCUT2D eigenvalue weighted by Crippen LogP contribution is 2.35. The van der Waals surface area contributed by atoms with Crippen molar-refractivity contribution in [2.75, 3.05) is 12.4 Å². The van der Waals surface area contributed by atoms with Gasteiger partial charge in [0.2, 0.25) is 0 Å². The van der Waals surface area contributed by atoms with Crippen molar-refractivity contribution >= 4 is 17.7 Å². The summed E-state index contributed by atoms with van der Waals surface area (Å²) in [6.07, 6.45) is -3.39. The van der Waals surface area contributed by atoms with Gasteiger partial charge in [0.25, 0.3) is 5.91 Å². The van der Waals surface area contributed by atoms with Crippen molar-refractivity contribution in [3.8, 4) is 17.6 Å². The Morgan fingerprint density at radius 2 is 1.73 bits per heavy atom. The third kappa shape index (κ3) is 6.14. The fourth-order valence-corrected chi connectivity index (χ4v) is 2.98. The number of para-hydroxylation sites is 1. The van der Waals surface area contributed by atoms with E-state index in [1.807, 2.05) is 30.3 Å². The van der Waals surface area contributed by atoms with Crippen molar-refractivity contribution in [1.82, 2.24) is 0 Å². The summed E-state index contributed by atoms with van der Waals surface area (Å²) in [7, 11) is 1.48. The van der Waals surface area contributed by atoms with Gasteiger partial charge < -0.3 is 14.8 Å². The molecule has 0 aliphatic carbocycles. The minimum Gasteiger partial charge on any atom is -0.493 e. The smallest absolute Gasteiger partial charge is 0.418 e. The standard InChI is InChI=1S/C25H19F3N2O3/c1-32-22-12-11-18(14-23(22)33-16-17-7-3-2-4-8-17)13-19(15-29)24(31)30-21-10-6-5-9-20(21)25(26,27)28/h2-14H,16H2,1H3,(H,30,31)/b19-13-. The normalized spacial score (nSPS) is 11.4. The van der Waals surface area contributed by atoms with Crippen molar-refractivity contribution in [2.24, 2.45) is 0 Å². The third-order valence-corrected chi connectivity index (χ3v) is 4.58. The van der Waals surface area contributed by atoms with Crippen LogP contribution in [0.5, 0.6) is 11.5 Å². The van der Waals surface area contributed by atoms with Gasteiger partial charge in [-0.15, -0.1) is 0 Å². The van der Waals surface area contributed by atoms with Crippen LogP contribution in [0.4, 0.5) is 18.9 Å². The van der Waals surface area contributed by atoms with Crippen LogP contribution in [0.2, 0.25) is 0 Å². The number of benzene rings is 3. The zero-order valence-corrected chi connectivity index (χ0v) is 17.5. The van der Waals surface area contributed by atoms with Crippen molar-refractivity contribution in [3.05, 3.63) is 95.1 Å². The number of amides is 1. The Morgan fingerprint density at radius 1 is 1.03 bits per heavy atom. The number of nitrogens with zero attached hydrogens (tertiary/aromatic N) is 1. The SMILES string of the molecule is COc1ccc(/C=C(/C#N)C(=O)Nc2ccccc2C(F)(F)F)cc1OCc1ccccc1. The molecule has 0 spiro atoms. The quantitative estimate of drug-likeness (QED) is 0.361. The van der Waals surface area contributed by atoms with Gasteiger partial charge in [0, 0.05) is 0 Å². The van der Waals surface area contributed by atoms with Crippen molar-refractivity contribution < 1.29 is 27.4 Å². The Morgan fingerprint density at radius 3 is 2.39 bits per heavy atom. The molecule has 3 aromatic carbocycles. The van der Waals surface area contributed by atoms with E-state index < -0.39 is 23.3 Å². The van der Waals surface area contributed by atoms with Crippen molar-refractivity contribution in [1.29, 1.82) is 5.26 Å². The lowest BCUT2D eigenvalue weighted by Crippen LogP contribution is -2.17. The van der Waals surface area contributed by atoms with Crippen LogP contribution in [-0.2, 0) is 17.6 Å². The topological polar surface area (TPSA) is 71.3 Å². The largest absolute Gasteiger partial charge is 0.493 e. The number of rotatable bonds is 7. The summed E-state index contributed by atoms with van der Waals surface area (Å²) < 4.78 is 50.7. The van der Waals surface area contributed by atoms with Gasteiger partial charge in [-0.3, -0.25) is 4.79 Å². The number of methoxy groups -OCH3 is 1. The van der Waals surface area contributed by atoms with E-state index in [4.69, 9.17) is 9.47 Å². The highest BCUT2D eigenvalue weighted by Gasteiger charge is 2.33. The molecular weight excluding hydrogens is 433 g/mol. The van der Waals surface area contributed by atoms with Crippen LogP contribution >= 0.6 is 0 Å². The maximum Gasteiger partial charge on any atom is 0.418 e. The fraction of sp³-hybridized carbons (Fsp3) is 0.120. The van der Waals surface area contributed by atoms with Crippen LogP contribution < -0.4 is 14.8 Å². The number of nitrogens with one attached hydrogen (secondary N) is 1. The van der Waals surface area contributed by atoms with Gasteiger partial charge in [0.15, 0.2) is 11.5 Å². The average Bonchev–Trinajstić information content (AvgIpc) is 2.81. The number of hydrogen-bond acceptors (Lipinski definition) is 4. The zero-order valence-electron chi connectivity index (χ0n) is 17.5. The van der Waals surface area contributed by atoms with E-state index in [2.05, 4.69) is 5.32 Å². The first-order valence-corrected chi connectivity index (χ1v) is 9.76. The summed E-state index contributed by atoms with van der Waals surface area (Å²) >= 11 is 0. The Bertz CT molecular complexity index is 1200. The van der Waals surface area contributed by atoms with Gasteiger partial charge in [-0.05, 0) is 41.5 Å². The molecule has 0 heterocycles. The number of carbonyl (C=O) groups excluding carboxylic acids is 1. The molecule has 0 aromatic heterocycles. The summed E-state index contributed by atoms with van der Waals surface area (Å²) in [4.78, 5) is 12.5. The van der Waals surface area contributed by atoms with Crippen molar-refractivity contribution in [3.63, 3.8) is 0 Å². The van der Waals surface area contributed by atoms with E-state index in [9.17, 15) is 23.2 Å². The van der Waals surface area contributed by atoms with E-state index in [0.717, 1.165) is 17.7 Å². The maximum absolute atomic E-state index is 13.2. The molecule has 5 nitrogen and oxygen atoms in total. The molecule has 8 heteroatoms. The second-order valence-corrected chi connectivity index (χ2v) is 6.85.